The van der Waals surface area contributed by atoms with Gasteiger partial charge in [0.15, 0.2) is 0 Å². The van der Waals surface area contributed by atoms with Crippen LogP contribution in [0.1, 0.15) is 33.0 Å². The van der Waals surface area contributed by atoms with Crippen LogP contribution in [0.4, 0.5) is 0 Å². The van der Waals surface area contributed by atoms with Gasteiger partial charge in [0, 0.05) is 45.7 Å². The summed E-state index contributed by atoms with van der Waals surface area (Å²) in [6.45, 7) is 6.73. The smallest absolute Gasteiger partial charge is 0.264 e. The molecule has 0 saturated carbocycles. The van der Waals surface area contributed by atoms with Gasteiger partial charge in [-0.2, -0.15) is 0 Å². The van der Waals surface area contributed by atoms with E-state index in [0.29, 0.717) is 28.2 Å². The number of methoxy groups -OCH3 is 1. The van der Waals surface area contributed by atoms with Crippen LogP contribution in [0.2, 0.25) is 0 Å². The number of ether oxygens (including phenoxy) is 1. The second kappa shape index (κ2) is 8.67. The van der Waals surface area contributed by atoms with Crippen LogP contribution >= 0.6 is 11.3 Å². The number of thiophene rings is 1. The predicted octanol–water partition coefficient (Wildman–Crippen LogP) is 2.72. The van der Waals surface area contributed by atoms with Gasteiger partial charge in [-0.25, -0.2) is 4.98 Å². The molecule has 1 fully saturated rings. The summed E-state index contributed by atoms with van der Waals surface area (Å²) in [4.78, 5) is 36.6. The van der Waals surface area contributed by atoms with Crippen molar-refractivity contribution >= 4 is 27.5 Å². The molecule has 0 aliphatic carbocycles. The summed E-state index contributed by atoms with van der Waals surface area (Å²) in [6.07, 6.45) is 2.78. The fraction of sp³-hybridized carbons (Fsp3) is 0.458. The molecular weight excluding hydrogens is 424 g/mol. The Morgan fingerprint density at radius 1 is 1.12 bits per heavy atom. The fourth-order valence-electron chi connectivity index (χ4n) is 4.68. The van der Waals surface area contributed by atoms with E-state index in [9.17, 15) is 9.59 Å². The highest BCUT2D eigenvalue weighted by molar-refractivity contribution is 7.20. The quantitative estimate of drug-likeness (QED) is 0.596. The topological polar surface area (TPSA) is 67.7 Å². The lowest BCUT2D eigenvalue weighted by Crippen LogP contribution is -2.49. The Morgan fingerprint density at radius 2 is 1.88 bits per heavy atom. The summed E-state index contributed by atoms with van der Waals surface area (Å²) < 4.78 is 6.99. The molecule has 0 atom stereocenters. The number of piperazine rings is 1. The Morgan fingerprint density at radius 3 is 2.59 bits per heavy atom. The standard InChI is InChI=1S/C24H28N4O3S/c1-16-20-22(25-19-4-3-10-28(19)23(20)29)32-21(16)24(30)27-14-12-26(13-15-27)11-9-17-5-7-18(31-2)8-6-17/h5-8H,3-4,9-15H2,1-2H3. The number of aryl methyl sites for hydroxylation is 2. The van der Waals surface area contributed by atoms with E-state index in [2.05, 4.69) is 17.0 Å². The highest BCUT2D eigenvalue weighted by Crippen LogP contribution is 2.30. The van der Waals surface area contributed by atoms with Gasteiger partial charge in [-0.05, 0) is 43.0 Å². The summed E-state index contributed by atoms with van der Waals surface area (Å²) in [7, 11) is 1.68. The first kappa shape index (κ1) is 21.2. The summed E-state index contributed by atoms with van der Waals surface area (Å²) >= 11 is 1.38. The molecule has 1 amide bonds. The third kappa shape index (κ3) is 3.82. The van der Waals surface area contributed by atoms with Crippen LogP contribution in [-0.4, -0.2) is 65.1 Å². The van der Waals surface area contributed by atoms with Gasteiger partial charge in [-0.3, -0.25) is 19.1 Å². The molecule has 2 aliphatic rings. The van der Waals surface area contributed by atoms with Crippen LogP contribution in [0.3, 0.4) is 0 Å². The van der Waals surface area contributed by atoms with Gasteiger partial charge in [-0.15, -0.1) is 11.3 Å². The first-order valence-corrected chi connectivity index (χ1v) is 12.0. The summed E-state index contributed by atoms with van der Waals surface area (Å²) in [5, 5.41) is 0.627. The molecule has 2 aromatic heterocycles. The van der Waals surface area contributed by atoms with Gasteiger partial charge in [0.25, 0.3) is 11.5 Å². The van der Waals surface area contributed by atoms with Crippen molar-refractivity contribution < 1.29 is 9.53 Å². The van der Waals surface area contributed by atoms with E-state index in [1.165, 1.54) is 16.9 Å². The number of nitrogens with zero attached hydrogens (tertiary/aromatic N) is 4. The van der Waals surface area contributed by atoms with Crippen molar-refractivity contribution in [2.24, 2.45) is 0 Å². The molecule has 1 saturated heterocycles. The van der Waals surface area contributed by atoms with Crippen LogP contribution in [0, 0.1) is 6.92 Å². The van der Waals surface area contributed by atoms with Crippen LogP contribution in [0.25, 0.3) is 10.2 Å². The van der Waals surface area contributed by atoms with Crippen molar-refractivity contribution in [3.8, 4) is 5.75 Å². The van der Waals surface area contributed by atoms with Crippen LogP contribution < -0.4 is 10.3 Å². The number of hydrogen-bond acceptors (Lipinski definition) is 6. The Labute approximate surface area is 191 Å². The zero-order chi connectivity index (χ0) is 22.2. The fourth-order valence-corrected chi connectivity index (χ4v) is 5.84. The minimum absolute atomic E-state index is 0.0126. The SMILES string of the molecule is COc1ccc(CCN2CCN(C(=O)c3sc4nc5n(c(=O)c4c3C)CCC5)CC2)cc1. The molecule has 0 N–H and O–H groups in total. The Kier molecular flexibility index (Phi) is 5.73. The minimum Gasteiger partial charge on any atom is -0.497 e. The lowest BCUT2D eigenvalue weighted by atomic mass is 10.1. The summed E-state index contributed by atoms with van der Waals surface area (Å²) in [5.41, 5.74) is 2.09. The van der Waals surface area contributed by atoms with E-state index in [0.717, 1.165) is 62.6 Å². The van der Waals surface area contributed by atoms with E-state index >= 15 is 0 Å². The zero-order valence-electron chi connectivity index (χ0n) is 18.6. The molecule has 4 heterocycles. The molecule has 7 nitrogen and oxygen atoms in total. The molecular formula is C24H28N4O3S. The number of hydrogen-bond donors (Lipinski definition) is 0. The molecule has 32 heavy (non-hydrogen) atoms. The predicted molar refractivity (Wildman–Crippen MR) is 126 cm³/mol. The number of benzene rings is 1. The van der Waals surface area contributed by atoms with E-state index < -0.39 is 0 Å². The maximum Gasteiger partial charge on any atom is 0.264 e. The molecule has 5 rings (SSSR count). The monoisotopic (exact) mass is 452 g/mol. The van der Waals surface area contributed by atoms with Gasteiger partial charge in [0.2, 0.25) is 0 Å². The molecule has 0 radical (unpaired) electrons. The number of aromatic nitrogens is 2. The number of amides is 1. The molecule has 0 bridgehead atoms. The molecule has 3 aromatic rings. The third-order valence-electron chi connectivity index (χ3n) is 6.64. The Bertz CT molecular complexity index is 1210. The number of rotatable bonds is 5. The molecule has 1 aromatic carbocycles. The van der Waals surface area contributed by atoms with Gasteiger partial charge in [0.05, 0.1) is 17.4 Å². The maximum atomic E-state index is 13.3. The van der Waals surface area contributed by atoms with Gasteiger partial charge in [0.1, 0.15) is 16.4 Å². The van der Waals surface area contributed by atoms with Gasteiger partial charge >= 0.3 is 0 Å². The summed E-state index contributed by atoms with van der Waals surface area (Å²) in [5.74, 6) is 1.76. The first-order valence-electron chi connectivity index (χ1n) is 11.2. The maximum absolute atomic E-state index is 13.3. The second-order valence-electron chi connectivity index (χ2n) is 8.56. The van der Waals surface area contributed by atoms with Crippen molar-refractivity contribution in [1.82, 2.24) is 19.4 Å². The van der Waals surface area contributed by atoms with Crippen molar-refractivity contribution in [3.63, 3.8) is 0 Å². The Balaban J connectivity index is 1.23. The second-order valence-corrected chi connectivity index (χ2v) is 9.56. The zero-order valence-corrected chi connectivity index (χ0v) is 19.4. The average Bonchev–Trinajstić information content (AvgIpc) is 3.43. The van der Waals surface area contributed by atoms with Crippen LogP contribution in [0.5, 0.6) is 5.75 Å². The minimum atomic E-state index is 0.0126. The van der Waals surface area contributed by atoms with E-state index in [1.54, 1.807) is 11.7 Å². The van der Waals surface area contributed by atoms with Gasteiger partial charge < -0.3 is 9.64 Å². The van der Waals surface area contributed by atoms with Crippen molar-refractivity contribution in [2.75, 3.05) is 39.8 Å². The highest BCUT2D eigenvalue weighted by atomic mass is 32.1. The average molecular weight is 453 g/mol. The van der Waals surface area contributed by atoms with E-state index in [1.807, 2.05) is 24.0 Å². The normalized spacial score (nSPS) is 16.5. The lowest BCUT2D eigenvalue weighted by Gasteiger charge is -2.34. The van der Waals surface area contributed by atoms with Crippen molar-refractivity contribution in [3.05, 3.63) is 56.4 Å². The van der Waals surface area contributed by atoms with Crippen LogP contribution in [0.15, 0.2) is 29.1 Å². The largest absolute Gasteiger partial charge is 0.497 e. The first-order chi connectivity index (χ1) is 15.5. The van der Waals surface area contributed by atoms with Crippen molar-refractivity contribution in [2.45, 2.75) is 32.7 Å². The van der Waals surface area contributed by atoms with E-state index in [4.69, 9.17) is 9.72 Å². The number of carbonyl (C=O) groups excluding carboxylic acids is 1. The highest BCUT2D eigenvalue weighted by Gasteiger charge is 2.28. The number of fused-ring (bicyclic) bond motifs is 2. The van der Waals surface area contributed by atoms with Gasteiger partial charge in [-0.1, -0.05) is 12.1 Å². The van der Waals surface area contributed by atoms with Crippen LogP contribution in [-0.2, 0) is 19.4 Å². The number of carbonyl (C=O) groups is 1. The van der Waals surface area contributed by atoms with E-state index in [-0.39, 0.29) is 11.5 Å². The molecule has 0 spiro atoms. The lowest BCUT2D eigenvalue weighted by molar-refractivity contribution is 0.0643. The molecule has 0 unspecified atom stereocenters. The molecule has 8 heteroatoms. The van der Waals surface area contributed by atoms with Crippen molar-refractivity contribution in [1.29, 1.82) is 0 Å². The Hall–Kier alpha value is -2.71. The molecule has 2 aliphatic heterocycles. The third-order valence-corrected chi connectivity index (χ3v) is 7.81. The molecule has 168 valence electrons. The summed E-state index contributed by atoms with van der Waals surface area (Å²) in [6, 6.07) is 8.20.